The molecule has 4 aromatic carbocycles. The molecular weight excluding hydrogens is 575 g/mol. The van der Waals surface area contributed by atoms with Gasteiger partial charge in [0.05, 0.1) is 11.2 Å². The number of hydrogen-bond donors (Lipinski definition) is 3. The lowest BCUT2D eigenvalue weighted by molar-refractivity contribution is -0.136. The van der Waals surface area contributed by atoms with Gasteiger partial charge < -0.3 is 10.6 Å². The monoisotopic (exact) mass is 598 g/mol. The molecule has 1 heterocycles. The fraction of sp³-hybridized carbons (Fsp3) is 0.0645. The highest BCUT2D eigenvalue weighted by Crippen LogP contribution is 2.25. The maximum absolute atomic E-state index is 14.2. The lowest BCUT2D eigenvalue weighted by Crippen LogP contribution is -2.41. The molecule has 0 aliphatic rings. The van der Waals surface area contributed by atoms with Crippen LogP contribution in [0.5, 0.6) is 0 Å². The summed E-state index contributed by atoms with van der Waals surface area (Å²) in [6.07, 6.45) is 0. The Labute approximate surface area is 238 Å². The molecule has 0 aliphatic carbocycles. The van der Waals surface area contributed by atoms with E-state index in [9.17, 15) is 18.8 Å². The summed E-state index contributed by atoms with van der Waals surface area (Å²) in [5.74, 6) is -3.26. The molecule has 0 spiro atoms. The van der Waals surface area contributed by atoms with Crippen molar-refractivity contribution in [2.24, 2.45) is 0 Å². The molecule has 1 aromatic heterocycles. The van der Waals surface area contributed by atoms with Crippen LogP contribution in [-0.2, 0) is 9.59 Å². The molecule has 0 atom stereocenters. The number of benzene rings is 4. The van der Waals surface area contributed by atoms with Gasteiger partial charge in [-0.05, 0) is 47.5 Å². The van der Waals surface area contributed by atoms with Crippen LogP contribution in [0.3, 0.4) is 0 Å². The van der Waals surface area contributed by atoms with Crippen LogP contribution in [0, 0.1) is 5.82 Å². The molecule has 7 nitrogen and oxygen atoms in total. The summed E-state index contributed by atoms with van der Waals surface area (Å²) in [7, 11) is 0. The van der Waals surface area contributed by atoms with Crippen molar-refractivity contribution in [2.45, 2.75) is 5.92 Å². The van der Waals surface area contributed by atoms with E-state index in [1.165, 1.54) is 22.9 Å². The lowest BCUT2D eigenvalue weighted by Gasteiger charge is -2.19. The molecule has 0 bridgehead atoms. The minimum atomic E-state index is -0.958. The van der Waals surface area contributed by atoms with Crippen LogP contribution in [-0.4, -0.2) is 28.9 Å². The van der Waals surface area contributed by atoms with E-state index in [-0.39, 0.29) is 23.8 Å². The van der Waals surface area contributed by atoms with Gasteiger partial charge in [0.2, 0.25) is 0 Å². The van der Waals surface area contributed by atoms with Gasteiger partial charge in [-0.15, -0.1) is 0 Å². The summed E-state index contributed by atoms with van der Waals surface area (Å²) in [5, 5.41) is 5.87. The zero-order valence-electron chi connectivity index (χ0n) is 21.1. The number of rotatable bonds is 7. The smallest absolute Gasteiger partial charge is 0.328 e. The van der Waals surface area contributed by atoms with Crippen LogP contribution < -0.4 is 16.1 Å². The molecule has 0 fully saturated rings. The number of nitrogens with one attached hydrogen (secondary N) is 3. The third-order valence-corrected chi connectivity index (χ3v) is 6.90. The largest absolute Gasteiger partial charge is 0.347 e. The molecule has 0 unspecified atom stereocenters. The predicted molar refractivity (Wildman–Crippen MR) is 156 cm³/mol. The second-order valence-electron chi connectivity index (χ2n) is 9.03. The van der Waals surface area contributed by atoms with Crippen molar-refractivity contribution >= 4 is 50.2 Å². The number of nitrogens with zero attached hydrogens (tertiary/aromatic N) is 1. The number of anilines is 1. The van der Waals surface area contributed by atoms with Crippen molar-refractivity contribution in [3.8, 4) is 0 Å². The van der Waals surface area contributed by atoms with Gasteiger partial charge in [-0.1, -0.05) is 88.7 Å². The van der Waals surface area contributed by atoms with Gasteiger partial charge in [-0.2, -0.15) is 0 Å². The molecule has 0 saturated carbocycles. The van der Waals surface area contributed by atoms with E-state index in [1.54, 1.807) is 30.3 Å². The number of halogens is 2. The van der Waals surface area contributed by atoms with Gasteiger partial charge in [-0.25, -0.2) is 9.07 Å². The summed E-state index contributed by atoms with van der Waals surface area (Å²) in [4.78, 5) is 39.2. The fourth-order valence-corrected chi connectivity index (χ4v) is 4.83. The van der Waals surface area contributed by atoms with Crippen LogP contribution in [0.4, 0.5) is 10.1 Å². The van der Waals surface area contributed by atoms with Gasteiger partial charge >= 0.3 is 11.8 Å². The Morgan fingerprint density at radius 3 is 2.05 bits per heavy atom. The maximum atomic E-state index is 14.2. The summed E-state index contributed by atoms with van der Waals surface area (Å²) in [6, 6.07) is 31.9. The maximum Gasteiger partial charge on any atom is 0.328 e. The average Bonchev–Trinajstić information content (AvgIpc) is 3.32. The van der Waals surface area contributed by atoms with Crippen LogP contribution in [0.25, 0.3) is 10.9 Å². The SMILES string of the molecule is O=C(NCC(c1ccccc1)c1ccccc1)C(=O)Nn1c(C(=O)Nc2ccccc2F)cc2cc(Br)ccc21. The molecule has 9 heteroatoms. The Morgan fingerprint density at radius 2 is 1.40 bits per heavy atom. The summed E-state index contributed by atoms with van der Waals surface area (Å²) in [6.45, 7) is 0.181. The lowest BCUT2D eigenvalue weighted by atomic mass is 9.91. The number of aromatic nitrogens is 1. The van der Waals surface area contributed by atoms with Crippen molar-refractivity contribution in [1.29, 1.82) is 0 Å². The molecule has 0 radical (unpaired) electrons. The van der Waals surface area contributed by atoms with Crippen molar-refractivity contribution in [3.63, 3.8) is 0 Å². The second kappa shape index (κ2) is 12.0. The number of para-hydroxylation sites is 1. The van der Waals surface area contributed by atoms with Crippen LogP contribution in [0.1, 0.15) is 27.5 Å². The van der Waals surface area contributed by atoms with E-state index >= 15 is 0 Å². The fourth-order valence-electron chi connectivity index (χ4n) is 4.45. The molecule has 0 saturated heterocycles. The standard InChI is InChI=1S/C31H24BrFN4O3/c32-23-15-16-27-22(17-23)18-28(29(38)35-26-14-8-7-13-25(26)33)37(27)36-31(40)30(39)34-19-24(20-9-3-1-4-10-20)21-11-5-2-6-12-21/h1-18,24H,19H2,(H,34,39)(H,35,38)(H,36,40). The number of carbonyl (C=O) groups is 3. The van der Waals surface area contributed by atoms with E-state index in [2.05, 4.69) is 32.0 Å². The van der Waals surface area contributed by atoms with Gasteiger partial charge in [0.25, 0.3) is 5.91 Å². The third-order valence-electron chi connectivity index (χ3n) is 6.41. The van der Waals surface area contributed by atoms with Gasteiger partial charge in [-0.3, -0.25) is 19.8 Å². The van der Waals surface area contributed by atoms with Gasteiger partial charge in [0.15, 0.2) is 0 Å². The Balaban J connectivity index is 1.37. The Hall–Kier alpha value is -4.76. The molecule has 0 aliphatic heterocycles. The Kier molecular flexibility index (Phi) is 8.02. The second-order valence-corrected chi connectivity index (χ2v) is 9.94. The normalized spacial score (nSPS) is 10.9. The number of carbonyl (C=O) groups excluding carboxylic acids is 3. The van der Waals surface area contributed by atoms with E-state index < -0.39 is 23.5 Å². The van der Waals surface area contributed by atoms with E-state index in [1.807, 2.05) is 60.7 Å². The van der Waals surface area contributed by atoms with Crippen LogP contribution in [0.2, 0.25) is 0 Å². The first-order chi connectivity index (χ1) is 19.4. The van der Waals surface area contributed by atoms with E-state index in [0.29, 0.717) is 10.9 Å². The van der Waals surface area contributed by atoms with Crippen molar-refractivity contribution in [1.82, 2.24) is 9.99 Å². The summed E-state index contributed by atoms with van der Waals surface area (Å²) < 4.78 is 16.2. The van der Waals surface area contributed by atoms with E-state index in [4.69, 9.17) is 0 Å². The molecule has 3 N–H and O–H groups in total. The zero-order valence-corrected chi connectivity index (χ0v) is 22.7. The number of amides is 3. The zero-order chi connectivity index (χ0) is 28.1. The van der Waals surface area contributed by atoms with Crippen LogP contribution in [0.15, 0.2) is 114 Å². The number of hydrogen-bond acceptors (Lipinski definition) is 3. The highest BCUT2D eigenvalue weighted by molar-refractivity contribution is 9.10. The average molecular weight is 599 g/mol. The van der Waals surface area contributed by atoms with Gasteiger partial charge in [0.1, 0.15) is 11.5 Å². The molecular formula is C31H24BrFN4O3. The topological polar surface area (TPSA) is 92.2 Å². The quantitative estimate of drug-likeness (QED) is 0.206. The summed E-state index contributed by atoms with van der Waals surface area (Å²) >= 11 is 3.40. The first-order valence-corrected chi connectivity index (χ1v) is 13.3. The highest BCUT2D eigenvalue weighted by atomic mass is 79.9. The first kappa shape index (κ1) is 26.8. The molecule has 5 rings (SSSR count). The molecule has 40 heavy (non-hydrogen) atoms. The molecule has 5 aromatic rings. The van der Waals surface area contributed by atoms with Crippen molar-refractivity contribution in [2.75, 3.05) is 17.3 Å². The Morgan fingerprint density at radius 1 is 0.775 bits per heavy atom. The highest BCUT2D eigenvalue weighted by Gasteiger charge is 2.23. The first-order valence-electron chi connectivity index (χ1n) is 12.5. The van der Waals surface area contributed by atoms with Crippen molar-refractivity contribution < 1.29 is 18.8 Å². The van der Waals surface area contributed by atoms with Crippen LogP contribution >= 0.6 is 15.9 Å². The molecule has 200 valence electrons. The van der Waals surface area contributed by atoms with Gasteiger partial charge in [0, 0.05) is 22.3 Å². The Bertz CT molecular complexity index is 1650. The number of fused-ring (bicyclic) bond motifs is 1. The predicted octanol–water partition coefficient (Wildman–Crippen LogP) is 5.81. The van der Waals surface area contributed by atoms with Crippen molar-refractivity contribution in [3.05, 3.63) is 136 Å². The summed E-state index contributed by atoms with van der Waals surface area (Å²) in [5.41, 5.74) is 5.00. The van der Waals surface area contributed by atoms with E-state index in [0.717, 1.165) is 15.6 Å². The minimum Gasteiger partial charge on any atom is -0.347 e. The minimum absolute atomic E-state index is 0.0116. The molecule has 3 amide bonds. The third kappa shape index (κ3) is 5.94.